The van der Waals surface area contributed by atoms with E-state index >= 15 is 0 Å². The Morgan fingerprint density at radius 3 is 2.18 bits per heavy atom. The molecule has 0 bridgehead atoms. The van der Waals surface area contributed by atoms with Crippen molar-refractivity contribution in [3.8, 4) is 0 Å². The molecule has 4 aromatic rings. The fraction of sp³-hybridized carbons (Fsp3) is 0.222. The second-order valence-corrected chi connectivity index (χ2v) is 9.31. The van der Waals surface area contributed by atoms with Crippen molar-refractivity contribution < 1.29 is 9.59 Å². The first-order chi connectivity index (χ1) is 16.5. The Labute approximate surface area is 208 Å². The number of hydrogen-bond donors (Lipinski definition) is 0. The van der Waals surface area contributed by atoms with Gasteiger partial charge in [-0.15, -0.1) is 0 Å². The summed E-state index contributed by atoms with van der Waals surface area (Å²) in [5, 5.41) is 1.28. The lowest BCUT2D eigenvalue weighted by Gasteiger charge is -2.24. The summed E-state index contributed by atoms with van der Waals surface area (Å²) < 4.78 is 0.937. The minimum absolute atomic E-state index is 0.0685. The van der Waals surface area contributed by atoms with Gasteiger partial charge in [-0.05, 0) is 43.4 Å². The van der Waals surface area contributed by atoms with Crippen molar-refractivity contribution in [2.75, 3.05) is 31.1 Å². The Morgan fingerprint density at radius 1 is 0.853 bits per heavy atom. The SMILES string of the molecule is CCN(CC)CCN(C(=O)c1ccc(C(=O)c2ccccc2)cc1)c1nc2ccc(Cl)cc2s1. The third-order valence-electron chi connectivity index (χ3n) is 5.78. The van der Waals surface area contributed by atoms with Crippen molar-refractivity contribution in [3.63, 3.8) is 0 Å². The Kier molecular flexibility index (Phi) is 7.73. The first-order valence-corrected chi connectivity index (χ1v) is 12.5. The van der Waals surface area contributed by atoms with Gasteiger partial charge < -0.3 is 4.90 Å². The molecule has 174 valence electrons. The standard InChI is InChI=1S/C27H26ClN3O2S/c1-3-30(4-2)16-17-31(27-29-23-15-14-22(28)18-24(23)34-27)26(33)21-12-10-20(11-13-21)25(32)19-8-6-5-7-9-19/h5-15,18H,3-4,16-17H2,1-2H3. The molecule has 0 saturated carbocycles. The van der Waals surface area contributed by atoms with Crippen LogP contribution in [0, 0.1) is 0 Å². The van der Waals surface area contributed by atoms with Crippen LogP contribution in [-0.4, -0.2) is 47.8 Å². The third kappa shape index (κ3) is 5.36. The van der Waals surface area contributed by atoms with Gasteiger partial charge >= 0.3 is 0 Å². The van der Waals surface area contributed by atoms with Gasteiger partial charge in [0.1, 0.15) is 0 Å². The number of hydrogen-bond acceptors (Lipinski definition) is 5. The average molecular weight is 492 g/mol. The lowest BCUT2D eigenvalue weighted by molar-refractivity contribution is 0.0981. The first kappa shape index (κ1) is 24.1. The highest BCUT2D eigenvalue weighted by atomic mass is 35.5. The molecule has 0 aliphatic carbocycles. The zero-order valence-corrected chi connectivity index (χ0v) is 20.8. The molecular formula is C27H26ClN3O2S. The number of amides is 1. The van der Waals surface area contributed by atoms with E-state index in [9.17, 15) is 9.59 Å². The molecule has 3 aromatic carbocycles. The molecule has 0 atom stereocenters. The number of likely N-dealkylation sites (N-methyl/N-ethyl adjacent to an activating group) is 1. The maximum Gasteiger partial charge on any atom is 0.260 e. The molecule has 0 unspecified atom stereocenters. The Morgan fingerprint density at radius 2 is 1.50 bits per heavy atom. The number of fused-ring (bicyclic) bond motifs is 1. The smallest absolute Gasteiger partial charge is 0.260 e. The van der Waals surface area contributed by atoms with Gasteiger partial charge in [0.15, 0.2) is 10.9 Å². The van der Waals surface area contributed by atoms with Crippen LogP contribution < -0.4 is 4.90 Å². The number of rotatable bonds is 9. The molecule has 0 N–H and O–H groups in total. The fourth-order valence-corrected chi connectivity index (χ4v) is 5.01. The van der Waals surface area contributed by atoms with Crippen LogP contribution in [0.25, 0.3) is 10.2 Å². The van der Waals surface area contributed by atoms with E-state index in [1.165, 1.54) is 11.3 Å². The van der Waals surface area contributed by atoms with E-state index in [4.69, 9.17) is 16.6 Å². The predicted molar refractivity (Wildman–Crippen MR) is 140 cm³/mol. The van der Waals surface area contributed by atoms with Gasteiger partial charge in [0, 0.05) is 34.8 Å². The molecule has 7 heteroatoms. The van der Waals surface area contributed by atoms with Crippen LogP contribution in [0.4, 0.5) is 5.13 Å². The number of nitrogens with zero attached hydrogens (tertiary/aromatic N) is 3. The molecule has 0 aliphatic rings. The normalized spacial score (nSPS) is 11.2. The lowest BCUT2D eigenvalue weighted by Crippen LogP contribution is -2.38. The number of aromatic nitrogens is 1. The van der Waals surface area contributed by atoms with Crippen LogP contribution in [0.3, 0.4) is 0 Å². The number of benzene rings is 3. The van der Waals surface area contributed by atoms with Crippen LogP contribution in [-0.2, 0) is 0 Å². The van der Waals surface area contributed by atoms with E-state index < -0.39 is 0 Å². The minimum Gasteiger partial charge on any atom is -0.302 e. The number of ketones is 1. The van der Waals surface area contributed by atoms with Gasteiger partial charge in [-0.25, -0.2) is 4.98 Å². The topological polar surface area (TPSA) is 53.5 Å². The summed E-state index contributed by atoms with van der Waals surface area (Å²) in [6.07, 6.45) is 0. The summed E-state index contributed by atoms with van der Waals surface area (Å²) in [6, 6.07) is 21.5. The lowest BCUT2D eigenvalue weighted by atomic mass is 10.0. The average Bonchev–Trinajstić information content (AvgIpc) is 3.29. The molecule has 1 heterocycles. The van der Waals surface area contributed by atoms with Crippen LogP contribution in [0.15, 0.2) is 72.8 Å². The summed E-state index contributed by atoms with van der Waals surface area (Å²) in [7, 11) is 0. The summed E-state index contributed by atoms with van der Waals surface area (Å²) >= 11 is 7.61. The van der Waals surface area contributed by atoms with E-state index in [0.717, 1.165) is 29.9 Å². The molecule has 0 saturated heterocycles. The van der Waals surface area contributed by atoms with E-state index in [-0.39, 0.29) is 11.7 Å². The van der Waals surface area contributed by atoms with E-state index in [1.54, 1.807) is 47.4 Å². The molecule has 0 fully saturated rings. The zero-order chi connectivity index (χ0) is 24.1. The molecule has 4 rings (SSSR count). The maximum atomic E-state index is 13.6. The molecule has 0 radical (unpaired) electrons. The van der Waals surface area contributed by atoms with Gasteiger partial charge in [0.2, 0.25) is 0 Å². The molecule has 34 heavy (non-hydrogen) atoms. The highest BCUT2D eigenvalue weighted by Crippen LogP contribution is 2.31. The Hall–Kier alpha value is -3.06. The number of carbonyl (C=O) groups excluding carboxylic acids is 2. The summed E-state index contributed by atoms with van der Waals surface area (Å²) in [5.41, 5.74) is 2.50. The van der Waals surface area contributed by atoms with Gasteiger partial charge in [0.05, 0.1) is 10.2 Å². The van der Waals surface area contributed by atoms with Crippen LogP contribution in [0.1, 0.15) is 40.1 Å². The quantitative estimate of drug-likeness (QED) is 0.263. The minimum atomic E-state index is -0.143. The highest BCUT2D eigenvalue weighted by molar-refractivity contribution is 7.22. The van der Waals surface area contributed by atoms with Gasteiger partial charge in [0.25, 0.3) is 5.91 Å². The third-order valence-corrected chi connectivity index (χ3v) is 7.06. The summed E-state index contributed by atoms with van der Waals surface area (Å²) in [5.74, 6) is -0.211. The molecule has 1 amide bonds. The Balaban J connectivity index is 1.62. The molecule has 1 aromatic heterocycles. The highest BCUT2D eigenvalue weighted by Gasteiger charge is 2.22. The number of thiazole rings is 1. The first-order valence-electron chi connectivity index (χ1n) is 11.3. The summed E-state index contributed by atoms with van der Waals surface area (Å²) in [4.78, 5) is 35.0. The van der Waals surface area contributed by atoms with Crippen molar-refractivity contribution >= 4 is 50.0 Å². The molecule has 5 nitrogen and oxygen atoms in total. The maximum absolute atomic E-state index is 13.6. The fourth-order valence-electron chi connectivity index (χ4n) is 3.74. The van der Waals surface area contributed by atoms with Crippen molar-refractivity contribution in [1.82, 2.24) is 9.88 Å². The van der Waals surface area contributed by atoms with Gasteiger partial charge in [-0.1, -0.05) is 79.2 Å². The van der Waals surface area contributed by atoms with Crippen LogP contribution in [0.2, 0.25) is 5.02 Å². The molecule has 0 aliphatic heterocycles. The molecule has 0 spiro atoms. The monoisotopic (exact) mass is 491 g/mol. The number of carbonyl (C=O) groups is 2. The second kappa shape index (κ2) is 10.9. The predicted octanol–water partition coefficient (Wildman–Crippen LogP) is 6.17. The van der Waals surface area contributed by atoms with Crippen molar-refractivity contribution in [1.29, 1.82) is 0 Å². The summed E-state index contributed by atoms with van der Waals surface area (Å²) in [6.45, 7) is 7.28. The Bertz CT molecular complexity index is 1280. The zero-order valence-electron chi connectivity index (χ0n) is 19.2. The largest absolute Gasteiger partial charge is 0.302 e. The number of halogens is 1. The van der Waals surface area contributed by atoms with E-state index in [1.807, 2.05) is 30.3 Å². The van der Waals surface area contributed by atoms with Crippen molar-refractivity contribution in [2.45, 2.75) is 13.8 Å². The second-order valence-electron chi connectivity index (χ2n) is 7.86. The van der Waals surface area contributed by atoms with E-state index in [2.05, 4.69) is 18.7 Å². The van der Waals surface area contributed by atoms with Gasteiger partial charge in [-0.3, -0.25) is 14.5 Å². The van der Waals surface area contributed by atoms with Crippen molar-refractivity contribution in [2.24, 2.45) is 0 Å². The van der Waals surface area contributed by atoms with Gasteiger partial charge in [-0.2, -0.15) is 0 Å². The van der Waals surface area contributed by atoms with Crippen LogP contribution in [0.5, 0.6) is 0 Å². The van der Waals surface area contributed by atoms with Crippen molar-refractivity contribution in [3.05, 3.63) is 94.5 Å². The number of anilines is 1. The van der Waals surface area contributed by atoms with E-state index in [0.29, 0.717) is 33.4 Å². The van der Waals surface area contributed by atoms with Crippen LogP contribution >= 0.6 is 22.9 Å². The molecular weight excluding hydrogens is 466 g/mol.